The van der Waals surface area contributed by atoms with Crippen molar-refractivity contribution in [3.8, 4) is 11.1 Å². The zero-order valence-corrected chi connectivity index (χ0v) is 16.0. The minimum absolute atomic E-state index is 0.650. The molecule has 0 atom stereocenters. The van der Waals surface area contributed by atoms with Crippen LogP contribution < -0.4 is 10.2 Å². The van der Waals surface area contributed by atoms with E-state index in [1.54, 1.807) is 10.9 Å². The van der Waals surface area contributed by atoms with Crippen LogP contribution in [0.5, 0.6) is 0 Å². The molecule has 0 unspecified atom stereocenters. The van der Waals surface area contributed by atoms with Gasteiger partial charge in [-0.25, -0.2) is 4.98 Å². The molecule has 1 aliphatic rings. The topological polar surface area (TPSA) is 93.9 Å². The van der Waals surface area contributed by atoms with Crippen molar-refractivity contribution in [3.05, 3.63) is 49.1 Å². The number of nitrogens with one attached hydrogen (secondary N) is 1. The zero-order valence-electron chi connectivity index (χ0n) is 16.0. The number of rotatable bonds is 4. The van der Waals surface area contributed by atoms with Crippen LogP contribution in [0.25, 0.3) is 22.2 Å². The lowest BCUT2D eigenvalue weighted by atomic mass is 10.1. The summed E-state index contributed by atoms with van der Waals surface area (Å²) in [5, 5.41) is 15.8. The summed E-state index contributed by atoms with van der Waals surface area (Å²) in [7, 11) is 1.89. The number of hydrogen-bond acceptors (Lipinski definition) is 8. The molecule has 5 rings (SSSR count). The van der Waals surface area contributed by atoms with Gasteiger partial charge in [0.15, 0.2) is 5.82 Å². The molecule has 0 amide bonds. The van der Waals surface area contributed by atoms with E-state index < -0.39 is 0 Å². The summed E-state index contributed by atoms with van der Waals surface area (Å²) in [5.74, 6) is 1.34. The van der Waals surface area contributed by atoms with Gasteiger partial charge < -0.3 is 15.0 Å². The van der Waals surface area contributed by atoms with Gasteiger partial charge in [-0.3, -0.25) is 9.67 Å². The van der Waals surface area contributed by atoms with Gasteiger partial charge in [0.2, 0.25) is 0 Å². The summed E-state index contributed by atoms with van der Waals surface area (Å²) in [6, 6.07) is 7.83. The Hall–Kier alpha value is -3.59. The SMILES string of the molecule is Cn1cc(-c2cnc3ccc(Nc4cc(N5CCOCC5)cnn4)nc3c2)cn1. The van der Waals surface area contributed by atoms with Gasteiger partial charge in [-0.2, -0.15) is 10.2 Å². The highest BCUT2D eigenvalue weighted by atomic mass is 16.5. The lowest BCUT2D eigenvalue weighted by Gasteiger charge is -2.28. The average Bonchev–Trinajstić information content (AvgIpc) is 3.20. The number of aryl methyl sites for hydroxylation is 1. The van der Waals surface area contributed by atoms with E-state index in [-0.39, 0.29) is 0 Å². The molecule has 146 valence electrons. The zero-order chi connectivity index (χ0) is 19.6. The molecule has 4 aromatic heterocycles. The molecule has 0 aromatic carbocycles. The highest BCUT2D eigenvalue weighted by Gasteiger charge is 2.13. The summed E-state index contributed by atoms with van der Waals surface area (Å²) in [5.41, 5.74) is 4.63. The fraction of sp³-hybridized carbons (Fsp3) is 0.250. The molecule has 5 heterocycles. The number of aromatic nitrogens is 6. The van der Waals surface area contributed by atoms with Crippen LogP contribution in [0.2, 0.25) is 0 Å². The highest BCUT2D eigenvalue weighted by molar-refractivity contribution is 5.81. The number of nitrogens with zero attached hydrogens (tertiary/aromatic N) is 7. The molecule has 1 N–H and O–H groups in total. The van der Waals surface area contributed by atoms with Crippen LogP contribution >= 0.6 is 0 Å². The molecule has 1 aliphatic heterocycles. The van der Waals surface area contributed by atoms with Crippen LogP contribution in [-0.4, -0.2) is 56.2 Å². The number of ether oxygens (including phenoxy) is 1. The Morgan fingerprint density at radius 2 is 1.86 bits per heavy atom. The molecular weight excluding hydrogens is 368 g/mol. The van der Waals surface area contributed by atoms with Crippen molar-refractivity contribution in [1.29, 1.82) is 0 Å². The molecule has 0 radical (unpaired) electrons. The summed E-state index contributed by atoms with van der Waals surface area (Å²) < 4.78 is 7.19. The summed E-state index contributed by atoms with van der Waals surface area (Å²) in [4.78, 5) is 11.5. The van der Waals surface area contributed by atoms with E-state index in [0.29, 0.717) is 11.6 Å². The fourth-order valence-corrected chi connectivity index (χ4v) is 3.35. The molecule has 0 spiro atoms. The smallest absolute Gasteiger partial charge is 0.156 e. The van der Waals surface area contributed by atoms with Gasteiger partial charge in [0.25, 0.3) is 0 Å². The predicted octanol–water partition coefficient (Wildman–Crippen LogP) is 2.40. The Labute approximate surface area is 167 Å². The minimum atomic E-state index is 0.650. The van der Waals surface area contributed by atoms with Crippen LogP contribution in [0.15, 0.2) is 49.1 Å². The molecule has 4 aromatic rings. The molecule has 1 fully saturated rings. The number of anilines is 3. The first-order valence-electron chi connectivity index (χ1n) is 9.43. The Bertz CT molecular complexity index is 1150. The van der Waals surface area contributed by atoms with Crippen molar-refractivity contribution in [2.24, 2.45) is 7.05 Å². The van der Waals surface area contributed by atoms with Crippen LogP contribution in [-0.2, 0) is 11.8 Å². The first-order chi connectivity index (χ1) is 14.2. The van der Waals surface area contributed by atoms with Gasteiger partial charge in [-0.1, -0.05) is 0 Å². The molecule has 0 saturated carbocycles. The fourth-order valence-electron chi connectivity index (χ4n) is 3.35. The monoisotopic (exact) mass is 388 g/mol. The predicted molar refractivity (Wildman–Crippen MR) is 110 cm³/mol. The van der Waals surface area contributed by atoms with Crippen molar-refractivity contribution in [3.63, 3.8) is 0 Å². The van der Waals surface area contributed by atoms with Gasteiger partial charge in [-0.15, -0.1) is 5.10 Å². The molecular formula is C20H20N8O. The van der Waals surface area contributed by atoms with Gasteiger partial charge in [0.05, 0.1) is 42.3 Å². The Kier molecular flexibility index (Phi) is 4.49. The van der Waals surface area contributed by atoms with E-state index in [2.05, 4.69) is 30.5 Å². The summed E-state index contributed by atoms with van der Waals surface area (Å²) in [6.07, 6.45) is 7.38. The van der Waals surface area contributed by atoms with Crippen LogP contribution in [0.1, 0.15) is 0 Å². The normalized spacial score (nSPS) is 14.3. The van der Waals surface area contributed by atoms with Crippen molar-refractivity contribution in [2.75, 3.05) is 36.5 Å². The first-order valence-corrected chi connectivity index (χ1v) is 9.43. The second kappa shape index (κ2) is 7.44. The highest BCUT2D eigenvalue weighted by Crippen LogP contribution is 2.24. The summed E-state index contributed by atoms with van der Waals surface area (Å²) in [6.45, 7) is 3.15. The number of morpholine rings is 1. The largest absolute Gasteiger partial charge is 0.378 e. The van der Waals surface area contributed by atoms with Gasteiger partial charge in [0.1, 0.15) is 5.82 Å². The first kappa shape index (κ1) is 17.5. The molecule has 9 nitrogen and oxygen atoms in total. The Morgan fingerprint density at radius 1 is 0.966 bits per heavy atom. The third-order valence-electron chi connectivity index (χ3n) is 4.85. The van der Waals surface area contributed by atoms with Crippen molar-refractivity contribution < 1.29 is 4.74 Å². The molecule has 9 heteroatoms. The van der Waals surface area contributed by atoms with E-state index in [9.17, 15) is 0 Å². The molecule has 0 bridgehead atoms. The van der Waals surface area contributed by atoms with Gasteiger partial charge in [0, 0.05) is 49.7 Å². The standard InChI is InChI=1S/C20H20N8O/c1-27-13-15(11-23-27)14-8-18-17(21-10-14)2-3-19(24-18)25-20-9-16(12-22-26-20)28-4-6-29-7-5-28/h2-3,8-13H,4-7H2,1H3,(H,24,25,26). The van der Waals surface area contributed by atoms with E-state index >= 15 is 0 Å². The lowest BCUT2D eigenvalue weighted by Crippen LogP contribution is -2.36. The molecule has 29 heavy (non-hydrogen) atoms. The molecule has 1 saturated heterocycles. The average molecular weight is 388 g/mol. The van der Waals surface area contributed by atoms with Crippen molar-refractivity contribution in [2.45, 2.75) is 0 Å². The lowest BCUT2D eigenvalue weighted by molar-refractivity contribution is 0.122. The van der Waals surface area contributed by atoms with Crippen LogP contribution in [0.4, 0.5) is 17.3 Å². The minimum Gasteiger partial charge on any atom is -0.378 e. The van der Waals surface area contributed by atoms with Crippen molar-refractivity contribution in [1.82, 2.24) is 29.9 Å². The van der Waals surface area contributed by atoms with E-state index in [0.717, 1.165) is 54.2 Å². The van der Waals surface area contributed by atoms with E-state index in [1.165, 1.54) is 0 Å². The molecule has 0 aliphatic carbocycles. The maximum absolute atomic E-state index is 5.42. The van der Waals surface area contributed by atoms with Crippen LogP contribution in [0, 0.1) is 0 Å². The van der Waals surface area contributed by atoms with E-state index in [4.69, 9.17) is 9.72 Å². The van der Waals surface area contributed by atoms with E-state index in [1.807, 2.05) is 49.9 Å². The summed E-state index contributed by atoms with van der Waals surface area (Å²) >= 11 is 0. The maximum Gasteiger partial charge on any atom is 0.156 e. The second-order valence-electron chi connectivity index (χ2n) is 6.88. The number of hydrogen-bond donors (Lipinski definition) is 1. The maximum atomic E-state index is 5.42. The third-order valence-corrected chi connectivity index (χ3v) is 4.85. The Balaban J connectivity index is 1.41. The van der Waals surface area contributed by atoms with Crippen LogP contribution in [0.3, 0.4) is 0 Å². The quantitative estimate of drug-likeness (QED) is 0.570. The number of fused-ring (bicyclic) bond motifs is 1. The van der Waals surface area contributed by atoms with Gasteiger partial charge >= 0.3 is 0 Å². The Morgan fingerprint density at radius 3 is 2.69 bits per heavy atom. The van der Waals surface area contributed by atoms with Gasteiger partial charge in [-0.05, 0) is 18.2 Å². The third kappa shape index (κ3) is 3.72. The number of pyridine rings is 2. The second-order valence-corrected chi connectivity index (χ2v) is 6.88. The van der Waals surface area contributed by atoms with Crippen molar-refractivity contribution >= 4 is 28.4 Å².